The average molecular weight is 548 g/mol. The van der Waals surface area contributed by atoms with E-state index in [-0.39, 0.29) is 5.69 Å². The number of carbonyl (C=O) groups is 1. The number of aromatic carboxylic acids is 1. The third-order valence-corrected chi connectivity index (χ3v) is 8.30. The summed E-state index contributed by atoms with van der Waals surface area (Å²) in [6.07, 6.45) is 6.52. The van der Waals surface area contributed by atoms with Crippen molar-refractivity contribution < 1.29 is 14.4 Å². The van der Waals surface area contributed by atoms with E-state index in [9.17, 15) is 9.90 Å². The van der Waals surface area contributed by atoms with E-state index in [1.807, 2.05) is 36.4 Å². The first kappa shape index (κ1) is 25.0. The second-order valence-electron chi connectivity index (χ2n) is 10.2. The second-order valence-corrected chi connectivity index (χ2v) is 11.0. The first-order valence-corrected chi connectivity index (χ1v) is 13.7. The van der Waals surface area contributed by atoms with Gasteiger partial charge in [-0.2, -0.15) is 0 Å². The Kier molecular flexibility index (Phi) is 6.62. The monoisotopic (exact) mass is 547 g/mol. The van der Waals surface area contributed by atoms with E-state index in [4.69, 9.17) is 27.7 Å². The number of hydrogen-bond donors (Lipinski definition) is 1. The van der Waals surface area contributed by atoms with Gasteiger partial charge in [-0.3, -0.25) is 0 Å². The lowest BCUT2D eigenvalue weighted by atomic mass is 9.88. The number of pyridine rings is 1. The molecule has 0 spiro atoms. The number of rotatable bonds is 6. The van der Waals surface area contributed by atoms with E-state index in [1.54, 1.807) is 6.07 Å². The third kappa shape index (κ3) is 4.79. The summed E-state index contributed by atoms with van der Waals surface area (Å²) in [6, 6.07) is 14.9. The number of anilines is 1. The van der Waals surface area contributed by atoms with Gasteiger partial charge in [-0.05, 0) is 81.0 Å². The molecule has 3 heterocycles. The molecular formula is C30H27Cl2N3O3. The molecule has 0 radical (unpaired) electrons. The summed E-state index contributed by atoms with van der Waals surface area (Å²) < 4.78 is 5.85. The van der Waals surface area contributed by atoms with Crippen LogP contribution in [0.2, 0.25) is 10.0 Å². The number of carboxylic acids is 1. The topological polar surface area (TPSA) is 79.5 Å². The normalized spacial score (nSPS) is 16.8. The third-order valence-electron chi connectivity index (χ3n) is 7.67. The Morgan fingerprint density at radius 3 is 2.47 bits per heavy atom. The fourth-order valence-electron chi connectivity index (χ4n) is 5.36. The lowest BCUT2D eigenvalue weighted by molar-refractivity contribution is 0.0691. The molecule has 1 aliphatic carbocycles. The largest absolute Gasteiger partial charge is 0.477 e. The van der Waals surface area contributed by atoms with Gasteiger partial charge in [0.2, 0.25) is 0 Å². The first-order valence-electron chi connectivity index (χ1n) is 12.9. The van der Waals surface area contributed by atoms with Crippen molar-refractivity contribution in [3.05, 3.63) is 81.2 Å². The van der Waals surface area contributed by atoms with E-state index in [0.29, 0.717) is 27.4 Å². The average Bonchev–Trinajstić information content (AvgIpc) is 3.69. The summed E-state index contributed by atoms with van der Waals surface area (Å²) >= 11 is 13.1. The fraction of sp³-hybridized carbons (Fsp3) is 0.300. The van der Waals surface area contributed by atoms with E-state index in [2.05, 4.69) is 34.1 Å². The molecule has 1 N–H and O–H groups in total. The minimum atomic E-state index is -1.01. The van der Waals surface area contributed by atoms with Crippen LogP contribution < -0.4 is 4.90 Å². The highest BCUT2D eigenvalue weighted by Gasteiger charge is 2.33. The molecule has 1 saturated heterocycles. The van der Waals surface area contributed by atoms with Crippen molar-refractivity contribution in [3.8, 4) is 11.3 Å². The van der Waals surface area contributed by atoms with Gasteiger partial charge >= 0.3 is 5.97 Å². The first-order chi connectivity index (χ1) is 18.4. The number of nitrogens with zero attached hydrogens (tertiary/aromatic N) is 3. The van der Waals surface area contributed by atoms with Crippen LogP contribution in [-0.2, 0) is 0 Å². The number of piperidine rings is 1. The van der Waals surface area contributed by atoms with Crippen molar-refractivity contribution in [3.63, 3.8) is 0 Å². The molecule has 4 aromatic rings. The number of halogens is 2. The van der Waals surface area contributed by atoms with Crippen LogP contribution >= 0.6 is 23.2 Å². The number of carboxylic acid groups (broad SMARTS) is 1. The molecule has 6 rings (SSSR count). The number of hydrogen-bond acceptors (Lipinski definition) is 5. The van der Waals surface area contributed by atoms with Crippen molar-refractivity contribution in [2.24, 2.45) is 5.92 Å². The smallest absolute Gasteiger partial charge is 0.354 e. The molecule has 2 aromatic carbocycles. The van der Waals surface area contributed by atoms with Gasteiger partial charge in [-0.1, -0.05) is 46.1 Å². The zero-order valence-corrected chi connectivity index (χ0v) is 22.5. The maximum absolute atomic E-state index is 11.2. The van der Waals surface area contributed by atoms with Gasteiger partial charge in [0, 0.05) is 41.2 Å². The van der Waals surface area contributed by atoms with Gasteiger partial charge in [0.1, 0.15) is 17.1 Å². The Labute approximate surface area is 230 Å². The van der Waals surface area contributed by atoms with Crippen LogP contribution in [0.5, 0.6) is 0 Å². The van der Waals surface area contributed by atoms with Crippen molar-refractivity contribution in [1.29, 1.82) is 0 Å². The Balaban J connectivity index is 1.22. The molecule has 8 heteroatoms. The van der Waals surface area contributed by atoms with Gasteiger partial charge in [0.05, 0.1) is 15.6 Å². The molecular weight excluding hydrogens is 521 g/mol. The van der Waals surface area contributed by atoms with Crippen molar-refractivity contribution in [1.82, 2.24) is 10.1 Å². The Morgan fingerprint density at radius 2 is 1.79 bits per heavy atom. The van der Waals surface area contributed by atoms with Gasteiger partial charge in [0.15, 0.2) is 0 Å². The molecule has 1 saturated carbocycles. The van der Waals surface area contributed by atoms with Crippen molar-refractivity contribution in [2.45, 2.75) is 38.5 Å². The molecule has 0 unspecified atom stereocenters. The van der Waals surface area contributed by atoms with Crippen LogP contribution in [0.3, 0.4) is 0 Å². The lowest BCUT2D eigenvalue weighted by Crippen LogP contribution is -2.33. The predicted molar refractivity (Wildman–Crippen MR) is 151 cm³/mol. The van der Waals surface area contributed by atoms with Crippen LogP contribution in [0, 0.1) is 5.92 Å². The highest BCUT2D eigenvalue weighted by Crippen LogP contribution is 2.47. The minimum Gasteiger partial charge on any atom is -0.477 e. The van der Waals surface area contributed by atoms with Crippen molar-refractivity contribution >= 4 is 51.8 Å². The Morgan fingerprint density at radius 1 is 1.05 bits per heavy atom. The minimum absolute atomic E-state index is 0.0611. The van der Waals surface area contributed by atoms with Crippen LogP contribution in [0.15, 0.2) is 58.6 Å². The molecule has 194 valence electrons. The second kappa shape index (κ2) is 10.1. The molecule has 6 nitrogen and oxygen atoms in total. The number of allylic oxidation sites excluding steroid dienone is 1. The van der Waals surface area contributed by atoms with Gasteiger partial charge in [-0.15, -0.1) is 0 Å². The Bertz CT molecular complexity index is 1550. The van der Waals surface area contributed by atoms with Crippen LogP contribution in [0.25, 0.3) is 28.2 Å². The summed E-state index contributed by atoms with van der Waals surface area (Å²) in [4.78, 5) is 17.9. The summed E-state index contributed by atoms with van der Waals surface area (Å²) in [5.74, 6) is 0.776. The van der Waals surface area contributed by atoms with Crippen LogP contribution in [-0.4, -0.2) is 34.3 Å². The van der Waals surface area contributed by atoms with Crippen LogP contribution in [0.1, 0.15) is 60.3 Å². The lowest BCUT2D eigenvalue weighted by Gasteiger charge is -2.34. The predicted octanol–water partition coefficient (Wildman–Crippen LogP) is 8.09. The highest BCUT2D eigenvalue weighted by molar-refractivity contribution is 6.39. The Hall–Kier alpha value is -3.35. The van der Waals surface area contributed by atoms with Crippen LogP contribution in [0.4, 0.5) is 5.69 Å². The van der Waals surface area contributed by atoms with Crippen molar-refractivity contribution in [2.75, 3.05) is 18.0 Å². The molecule has 0 amide bonds. The standard InChI is InChI=1S/C30H27Cl2N3O3/c1-17(15-22-28(34-38-29(22)19-5-6-19)27-23(31)3-2-4-24(27)32)18-11-13-35(14-12-18)21-8-10-25-20(16-21)7-9-26(33-25)30(36)37/h2-4,7-10,15-16,18-19H,5-6,11-14H2,1H3,(H,36,37)/b17-15+. The molecule has 38 heavy (non-hydrogen) atoms. The zero-order valence-electron chi connectivity index (χ0n) is 21.0. The number of fused-ring (bicyclic) bond motifs is 1. The molecule has 0 bridgehead atoms. The molecule has 2 fully saturated rings. The summed E-state index contributed by atoms with van der Waals surface area (Å²) in [7, 11) is 0. The quantitative estimate of drug-likeness (QED) is 0.262. The fourth-order valence-corrected chi connectivity index (χ4v) is 5.94. The maximum atomic E-state index is 11.2. The van der Waals surface area contributed by atoms with E-state index >= 15 is 0 Å². The van der Waals surface area contributed by atoms with Gasteiger partial charge in [0.25, 0.3) is 0 Å². The summed E-state index contributed by atoms with van der Waals surface area (Å²) in [5, 5.41) is 15.7. The summed E-state index contributed by atoms with van der Waals surface area (Å²) in [6.45, 7) is 4.07. The molecule has 2 aromatic heterocycles. The number of aromatic nitrogens is 2. The summed E-state index contributed by atoms with van der Waals surface area (Å²) in [5.41, 5.74) is 5.64. The number of benzene rings is 2. The molecule has 1 aliphatic heterocycles. The van der Waals surface area contributed by atoms with E-state index in [0.717, 1.165) is 72.4 Å². The molecule has 2 aliphatic rings. The molecule has 0 atom stereocenters. The van der Waals surface area contributed by atoms with Gasteiger partial charge < -0.3 is 14.5 Å². The van der Waals surface area contributed by atoms with Gasteiger partial charge in [-0.25, -0.2) is 9.78 Å². The highest BCUT2D eigenvalue weighted by atomic mass is 35.5. The van der Waals surface area contributed by atoms with E-state index < -0.39 is 5.97 Å². The SMILES string of the molecule is C/C(=C\c1c(-c2c(Cl)cccc2Cl)noc1C1CC1)C1CCN(c2ccc3nc(C(=O)O)ccc3c2)CC1. The van der Waals surface area contributed by atoms with E-state index in [1.165, 1.54) is 5.57 Å². The zero-order chi connectivity index (χ0) is 26.4. The maximum Gasteiger partial charge on any atom is 0.354 e.